The number of benzene rings is 1. The lowest BCUT2D eigenvalue weighted by Crippen LogP contribution is -2.47. The van der Waals surface area contributed by atoms with Gasteiger partial charge in [-0.1, -0.05) is 29.8 Å². The van der Waals surface area contributed by atoms with Crippen LogP contribution in [0.3, 0.4) is 0 Å². The SMILES string of the molecule is COCC1(CNC(=O)c2sccc2-c2ccc(C)cc2)CCNCC1. The van der Waals surface area contributed by atoms with Gasteiger partial charge in [0.05, 0.1) is 11.5 Å². The van der Waals surface area contributed by atoms with Gasteiger partial charge in [-0.25, -0.2) is 0 Å². The van der Waals surface area contributed by atoms with Crippen LogP contribution in [0.4, 0.5) is 0 Å². The van der Waals surface area contributed by atoms with Gasteiger partial charge in [0.2, 0.25) is 0 Å². The monoisotopic (exact) mass is 358 g/mol. The Morgan fingerprint density at radius 2 is 1.96 bits per heavy atom. The number of carbonyl (C=O) groups is 1. The lowest BCUT2D eigenvalue weighted by Gasteiger charge is -2.37. The van der Waals surface area contributed by atoms with Crippen LogP contribution in [-0.4, -0.2) is 39.3 Å². The van der Waals surface area contributed by atoms with E-state index in [1.54, 1.807) is 7.11 Å². The number of amides is 1. The first-order valence-electron chi connectivity index (χ1n) is 8.76. The Hall–Kier alpha value is -1.69. The highest BCUT2D eigenvalue weighted by molar-refractivity contribution is 7.12. The first kappa shape index (κ1) is 18.1. The Morgan fingerprint density at radius 3 is 2.64 bits per heavy atom. The highest BCUT2D eigenvalue weighted by atomic mass is 32.1. The summed E-state index contributed by atoms with van der Waals surface area (Å²) in [7, 11) is 1.74. The Labute approximate surface area is 153 Å². The lowest BCUT2D eigenvalue weighted by atomic mass is 9.79. The average molecular weight is 359 g/mol. The molecule has 1 fully saturated rings. The van der Waals surface area contributed by atoms with Crippen molar-refractivity contribution in [2.45, 2.75) is 19.8 Å². The maximum absolute atomic E-state index is 12.8. The van der Waals surface area contributed by atoms with Gasteiger partial charge in [0.1, 0.15) is 0 Å². The van der Waals surface area contributed by atoms with Gasteiger partial charge in [0.15, 0.2) is 0 Å². The third kappa shape index (κ3) is 4.29. The van der Waals surface area contributed by atoms with Gasteiger partial charge >= 0.3 is 0 Å². The molecule has 3 rings (SSSR count). The molecule has 0 bridgehead atoms. The van der Waals surface area contributed by atoms with Gasteiger partial charge in [-0.3, -0.25) is 4.79 Å². The van der Waals surface area contributed by atoms with Crippen molar-refractivity contribution in [3.63, 3.8) is 0 Å². The number of nitrogens with one attached hydrogen (secondary N) is 2. The molecule has 5 heteroatoms. The van der Waals surface area contributed by atoms with Gasteiger partial charge in [0.25, 0.3) is 5.91 Å². The fourth-order valence-corrected chi connectivity index (χ4v) is 4.26. The molecule has 1 aromatic heterocycles. The number of carbonyl (C=O) groups excluding carboxylic acids is 1. The summed E-state index contributed by atoms with van der Waals surface area (Å²) in [4.78, 5) is 13.6. The third-order valence-electron chi connectivity index (χ3n) is 4.97. The number of aryl methyl sites for hydroxylation is 1. The molecular weight excluding hydrogens is 332 g/mol. The molecule has 1 amide bonds. The largest absolute Gasteiger partial charge is 0.384 e. The minimum atomic E-state index is 0.0135. The molecule has 2 N–H and O–H groups in total. The molecule has 1 aliphatic rings. The Kier molecular flexibility index (Phi) is 5.89. The minimum Gasteiger partial charge on any atom is -0.384 e. The number of ether oxygens (including phenoxy) is 1. The molecule has 1 saturated heterocycles. The number of piperidine rings is 1. The van der Waals surface area contributed by atoms with Crippen LogP contribution < -0.4 is 10.6 Å². The maximum Gasteiger partial charge on any atom is 0.262 e. The van der Waals surface area contributed by atoms with Crippen molar-refractivity contribution < 1.29 is 9.53 Å². The van der Waals surface area contributed by atoms with Gasteiger partial charge in [-0.2, -0.15) is 0 Å². The molecule has 1 aromatic carbocycles. The van der Waals surface area contributed by atoms with Gasteiger partial charge in [-0.15, -0.1) is 11.3 Å². The molecule has 2 aromatic rings. The summed E-state index contributed by atoms with van der Waals surface area (Å²) in [5.74, 6) is 0.0135. The van der Waals surface area contributed by atoms with Crippen LogP contribution >= 0.6 is 11.3 Å². The number of thiophene rings is 1. The predicted molar refractivity (Wildman–Crippen MR) is 103 cm³/mol. The van der Waals surface area contributed by atoms with E-state index in [0.29, 0.717) is 13.2 Å². The summed E-state index contributed by atoms with van der Waals surface area (Å²) in [6, 6.07) is 10.3. The zero-order valence-corrected chi connectivity index (χ0v) is 15.7. The zero-order valence-electron chi connectivity index (χ0n) is 14.9. The Bertz CT molecular complexity index is 697. The summed E-state index contributed by atoms with van der Waals surface area (Å²) in [5, 5.41) is 8.53. The predicted octanol–water partition coefficient (Wildman–Crippen LogP) is 3.47. The average Bonchev–Trinajstić information content (AvgIpc) is 3.11. The fourth-order valence-electron chi connectivity index (χ4n) is 3.43. The molecule has 0 saturated carbocycles. The highest BCUT2D eigenvalue weighted by Gasteiger charge is 2.32. The standard InChI is InChI=1S/C20H26N2O2S/c1-15-3-5-16(6-4-15)17-7-12-25-18(17)19(23)22-13-20(14-24-2)8-10-21-11-9-20/h3-7,12,21H,8-11,13-14H2,1-2H3,(H,22,23). The summed E-state index contributed by atoms with van der Waals surface area (Å²) >= 11 is 1.50. The summed E-state index contributed by atoms with van der Waals surface area (Å²) in [5.41, 5.74) is 3.35. The minimum absolute atomic E-state index is 0.0135. The van der Waals surface area contributed by atoms with Gasteiger partial charge in [0, 0.05) is 24.6 Å². The van der Waals surface area contributed by atoms with Crippen LogP contribution in [0.15, 0.2) is 35.7 Å². The molecule has 134 valence electrons. The zero-order chi connectivity index (χ0) is 17.7. The summed E-state index contributed by atoms with van der Waals surface area (Å²) in [6.07, 6.45) is 2.05. The van der Waals surface area contributed by atoms with E-state index in [-0.39, 0.29) is 11.3 Å². The summed E-state index contributed by atoms with van der Waals surface area (Å²) in [6.45, 7) is 5.37. The molecule has 1 aliphatic heterocycles. The van der Waals surface area contributed by atoms with Crippen molar-refractivity contribution >= 4 is 17.2 Å². The molecule has 4 nitrogen and oxygen atoms in total. The fraction of sp³-hybridized carbons (Fsp3) is 0.450. The van der Waals surface area contributed by atoms with E-state index in [9.17, 15) is 4.79 Å². The molecule has 25 heavy (non-hydrogen) atoms. The van der Waals surface area contributed by atoms with Gasteiger partial charge < -0.3 is 15.4 Å². The van der Waals surface area contributed by atoms with E-state index >= 15 is 0 Å². The molecule has 2 heterocycles. The van der Waals surface area contributed by atoms with Crippen molar-refractivity contribution in [3.8, 4) is 11.1 Å². The maximum atomic E-state index is 12.8. The van der Waals surface area contributed by atoms with E-state index < -0.39 is 0 Å². The van der Waals surface area contributed by atoms with Crippen molar-refractivity contribution in [2.75, 3.05) is 33.4 Å². The number of methoxy groups -OCH3 is 1. The second kappa shape index (κ2) is 8.13. The summed E-state index contributed by atoms with van der Waals surface area (Å²) < 4.78 is 5.44. The molecule has 0 aliphatic carbocycles. The van der Waals surface area contributed by atoms with E-state index in [2.05, 4.69) is 41.8 Å². The van der Waals surface area contributed by atoms with Crippen LogP contribution in [0.1, 0.15) is 28.1 Å². The Balaban J connectivity index is 1.71. The van der Waals surface area contributed by atoms with Crippen LogP contribution in [0.25, 0.3) is 11.1 Å². The second-order valence-electron chi connectivity index (χ2n) is 6.90. The van der Waals surface area contributed by atoms with Crippen LogP contribution in [0.5, 0.6) is 0 Å². The van der Waals surface area contributed by atoms with Gasteiger partial charge in [-0.05, 0) is 49.9 Å². The lowest BCUT2D eigenvalue weighted by molar-refractivity contribution is 0.0512. The van der Waals surface area contributed by atoms with E-state index in [1.165, 1.54) is 16.9 Å². The molecule has 0 radical (unpaired) electrons. The number of hydrogen-bond acceptors (Lipinski definition) is 4. The van der Waals surface area contributed by atoms with E-state index in [0.717, 1.165) is 41.9 Å². The highest BCUT2D eigenvalue weighted by Crippen LogP contribution is 2.31. The Morgan fingerprint density at radius 1 is 1.24 bits per heavy atom. The van der Waals surface area contributed by atoms with Crippen LogP contribution in [0, 0.1) is 12.3 Å². The van der Waals surface area contributed by atoms with E-state index in [1.807, 2.05) is 11.4 Å². The molecule has 0 atom stereocenters. The molecular formula is C20H26N2O2S. The normalized spacial score (nSPS) is 16.6. The first-order valence-corrected chi connectivity index (χ1v) is 9.64. The van der Waals surface area contributed by atoms with Crippen molar-refractivity contribution in [3.05, 3.63) is 46.2 Å². The van der Waals surface area contributed by atoms with Crippen molar-refractivity contribution in [1.82, 2.24) is 10.6 Å². The second-order valence-corrected chi connectivity index (χ2v) is 7.81. The third-order valence-corrected chi connectivity index (χ3v) is 5.89. The van der Waals surface area contributed by atoms with Crippen LogP contribution in [0.2, 0.25) is 0 Å². The van der Waals surface area contributed by atoms with Crippen LogP contribution in [-0.2, 0) is 4.74 Å². The van der Waals surface area contributed by atoms with Crippen molar-refractivity contribution in [1.29, 1.82) is 0 Å². The number of rotatable bonds is 6. The smallest absolute Gasteiger partial charge is 0.262 e. The number of hydrogen-bond donors (Lipinski definition) is 2. The quantitative estimate of drug-likeness (QED) is 0.831. The topological polar surface area (TPSA) is 50.4 Å². The van der Waals surface area contributed by atoms with E-state index in [4.69, 9.17) is 4.74 Å². The van der Waals surface area contributed by atoms with Crippen molar-refractivity contribution in [2.24, 2.45) is 5.41 Å². The molecule has 0 spiro atoms. The first-order chi connectivity index (χ1) is 12.1. The molecule has 0 unspecified atom stereocenters.